The Labute approximate surface area is 123 Å². The summed E-state index contributed by atoms with van der Waals surface area (Å²) in [6, 6.07) is 7.96. The maximum atomic E-state index is 12.4. The van der Waals surface area contributed by atoms with Crippen LogP contribution >= 0.6 is 0 Å². The molecule has 3 unspecified atom stereocenters. The van der Waals surface area contributed by atoms with Gasteiger partial charge >= 0.3 is 0 Å². The highest BCUT2D eigenvalue weighted by atomic mass is 32.2. The third-order valence-electron chi connectivity index (χ3n) is 3.76. The average Bonchev–Trinajstić information content (AvgIpc) is 2.73. The molecule has 110 valence electrons. The summed E-state index contributed by atoms with van der Waals surface area (Å²) in [5.74, 6) is 0.637. The number of hydrogen-bond acceptors (Lipinski definition) is 3. The highest BCUT2D eigenvalue weighted by molar-refractivity contribution is 7.84. The standard InChI is InChI=1S/C15H22N2O2S/c1-4-13-15(18)17(9-10-20(3)19)14(16-13)12-8-6-5-7-11(12)2/h5-8,13-14,16H,4,9-10H2,1-3H3. The summed E-state index contributed by atoms with van der Waals surface area (Å²) in [7, 11) is -0.888. The van der Waals surface area contributed by atoms with E-state index in [-0.39, 0.29) is 18.1 Å². The van der Waals surface area contributed by atoms with E-state index < -0.39 is 10.8 Å². The molecular weight excluding hydrogens is 272 g/mol. The zero-order chi connectivity index (χ0) is 14.7. The molecule has 4 nitrogen and oxygen atoms in total. The molecule has 0 aliphatic carbocycles. The second-order valence-electron chi connectivity index (χ2n) is 5.20. The number of aryl methyl sites for hydroxylation is 1. The number of rotatable bonds is 5. The third kappa shape index (κ3) is 3.10. The second kappa shape index (κ2) is 6.50. The fraction of sp³-hybridized carbons (Fsp3) is 0.533. The number of carbonyl (C=O) groups excluding carboxylic acids is 1. The van der Waals surface area contributed by atoms with E-state index in [4.69, 9.17) is 0 Å². The van der Waals surface area contributed by atoms with E-state index in [1.165, 1.54) is 0 Å². The quantitative estimate of drug-likeness (QED) is 0.897. The molecule has 1 aliphatic heterocycles. The summed E-state index contributed by atoms with van der Waals surface area (Å²) in [5, 5.41) is 3.40. The average molecular weight is 294 g/mol. The molecule has 1 amide bonds. The van der Waals surface area contributed by atoms with Crippen molar-refractivity contribution in [2.45, 2.75) is 32.5 Å². The molecule has 5 heteroatoms. The topological polar surface area (TPSA) is 49.4 Å². The summed E-state index contributed by atoms with van der Waals surface area (Å²) < 4.78 is 11.3. The molecule has 1 aromatic rings. The van der Waals surface area contributed by atoms with Gasteiger partial charge in [0.1, 0.15) is 6.17 Å². The monoisotopic (exact) mass is 294 g/mol. The second-order valence-corrected chi connectivity index (χ2v) is 6.75. The van der Waals surface area contributed by atoms with E-state index in [0.717, 1.165) is 17.5 Å². The Morgan fingerprint density at radius 3 is 2.65 bits per heavy atom. The number of benzene rings is 1. The van der Waals surface area contributed by atoms with Crippen LogP contribution in [0.2, 0.25) is 0 Å². The van der Waals surface area contributed by atoms with Crippen molar-refractivity contribution in [2.75, 3.05) is 18.6 Å². The predicted octanol–water partition coefficient (Wildman–Crippen LogP) is 1.58. The van der Waals surface area contributed by atoms with Crippen LogP contribution in [-0.4, -0.2) is 39.6 Å². The molecule has 2 rings (SSSR count). The first-order chi connectivity index (χ1) is 9.54. The molecule has 0 bridgehead atoms. The van der Waals surface area contributed by atoms with Gasteiger partial charge in [-0.25, -0.2) is 0 Å². The van der Waals surface area contributed by atoms with Crippen molar-refractivity contribution in [1.82, 2.24) is 10.2 Å². The molecule has 1 saturated heterocycles. The Kier molecular flexibility index (Phi) is 4.94. The molecule has 1 N–H and O–H groups in total. The Balaban J connectivity index is 2.26. The van der Waals surface area contributed by atoms with Crippen molar-refractivity contribution < 1.29 is 9.00 Å². The zero-order valence-corrected chi connectivity index (χ0v) is 13.1. The predicted molar refractivity (Wildman–Crippen MR) is 81.8 cm³/mol. The Morgan fingerprint density at radius 2 is 2.05 bits per heavy atom. The molecule has 1 heterocycles. The van der Waals surface area contributed by atoms with Crippen LogP contribution in [-0.2, 0) is 15.6 Å². The van der Waals surface area contributed by atoms with Gasteiger partial charge in [-0.05, 0) is 24.5 Å². The molecule has 1 aliphatic rings. The van der Waals surface area contributed by atoms with Gasteiger partial charge < -0.3 is 4.90 Å². The minimum atomic E-state index is -0.888. The summed E-state index contributed by atoms with van der Waals surface area (Å²) >= 11 is 0. The maximum absolute atomic E-state index is 12.4. The normalized spacial score (nSPS) is 24.1. The van der Waals surface area contributed by atoms with E-state index >= 15 is 0 Å². The van der Waals surface area contributed by atoms with E-state index in [2.05, 4.69) is 18.3 Å². The SMILES string of the molecule is CCC1NC(c2ccccc2C)N(CCS(C)=O)C1=O. The highest BCUT2D eigenvalue weighted by Gasteiger charge is 2.38. The summed E-state index contributed by atoms with van der Waals surface area (Å²) in [4.78, 5) is 14.2. The molecule has 1 aromatic carbocycles. The Hall–Kier alpha value is -1.20. The van der Waals surface area contributed by atoms with E-state index in [1.807, 2.05) is 30.0 Å². The van der Waals surface area contributed by atoms with Gasteiger partial charge in [0.25, 0.3) is 0 Å². The first-order valence-corrected chi connectivity index (χ1v) is 8.69. The van der Waals surface area contributed by atoms with E-state index in [0.29, 0.717) is 12.3 Å². The van der Waals surface area contributed by atoms with Crippen LogP contribution in [0.3, 0.4) is 0 Å². The Morgan fingerprint density at radius 1 is 1.35 bits per heavy atom. The molecule has 0 saturated carbocycles. The smallest absolute Gasteiger partial charge is 0.241 e. The number of carbonyl (C=O) groups is 1. The van der Waals surface area contributed by atoms with Crippen LogP contribution in [0.4, 0.5) is 0 Å². The zero-order valence-electron chi connectivity index (χ0n) is 12.3. The molecular formula is C15H22N2O2S. The van der Waals surface area contributed by atoms with E-state index in [9.17, 15) is 9.00 Å². The van der Waals surface area contributed by atoms with Gasteiger partial charge in [0.05, 0.1) is 6.04 Å². The lowest BCUT2D eigenvalue weighted by Gasteiger charge is -2.25. The van der Waals surface area contributed by atoms with Crippen LogP contribution in [0, 0.1) is 6.92 Å². The van der Waals surface area contributed by atoms with Gasteiger partial charge in [0.2, 0.25) is 5.91 Å². The lowest BCUT2D eigenvalue weighted by atomic mass is 10.1. The molecule has 3 atom stereocenters. The van der Waals surface area contributed by atoms with Crippen LogP contribution in [0.15, 0.2) is 24.3 Å². The van der Waals surface area contributed by atoms with Gasteiger partial charge in [-0.1, -0.05) is 31.2 Å². The van der Waals surface area contributed by atoms with Gasteiger partial charge in [0, 0.05) is 29.4 Å². The molecule has 20 heavy (non-hydrogen) atoms. The summed E-state index contributed by atoms with van der Waals surface area (Å²) in [5.41, 5.74) is 2.29. The fourth-order valence-electron chi connectivity index (χ4n) is 2.59. The van der Waals surface area contributed by atoms with Crippen molar-refractivity contribution in [3.8, 4) is 0 Å². The first-order valence-electron chi connectivity index (χ1n) is 6.96. The number of nitrogens with zero attached hydrogens (tertiary/aromatic N) is 1. The van der Waals surface area contributed by atoms with Crippen molar-refractivity contribution in [3.05, 3.63) is 35.4 Å². The van der Waals surface area contributed by atoms with Gasteiger partial charge in [-0.2, -0.15) is 0 Å². The van der Waals surface area contributed by atoms with Crippen LogP contribution in [0.25, 0.3) is 0 Å². The van der Waals surface area contributed by atoms with Gasteiger partial charge in [-0.15, -0.1) is 0 Å². The first kappa shape index (κ1) is 15.2. The number of amides is 1. The van der Waals surface area contributed by atoms with E-state index in [1.54, 1.807) is 6.26 Å². The summed E-state index contributed by atoms with van der Waals surface area (Å²) in [6.07, 6.45) is 2.35. The Bertz CT molecular complexity index is 518. The highest BCUT2D eigenvalue weighted by Crippen LogP contribution is 2.28. The lowest BCUT2D eigenvalue weighted by Crippen LogP contribution is -2.34. The number of hydrogen-bond donors (Lipinski definition) is 1. The molecule has 0 radical (unpaired) electrons. The van der Waals surface area contributed by atoms with Crippen molar-refractivity contribution in [3.63, 3.8) is 0 Å². The van der Waals surface area contributed by atoms with Crippen molar-refractivity contribution >= 4 is 16.7 Å². The van der Waals surface area contributed by atoms with Crippen molar-refractivity contribution in [2.24, 2.45) is 0 Å². The van der Waals surface area contributed by atoms with Crippen LogP contribution in [0.5, 0.6) is 0 Å². The minimum absolute atomic E-state index is 0.0998. The number of nitrogens with one attached hydrogen (secondary N) is 1. The fourth-order valence-corrected chi connectivity index (χ4v) is 3.04. The summed E-state index contributed by atoms with van der Waals surface area (Å²) in [6.45, 7) is 4.59. The largest absolute Gasteiger partial charge is 0.321 e. The maximum Gasteiger partial charge on any atom is 0.241 e. The molecule has 0 spiro atoms. The minimum Gasteiger partial charge on any atom is -0.321 e. The van der Waals surface area contributed by atoms with Crippen LogP contribution in [0.1, 0.15) is 30.6 Å². The van der Waals surface area contributed by atoms with Gasteiger partial charge in [-0.3, -0.25) is 14.3 Å². The van der Waals surface area contributed by atoms with Crippen molar-refractivity contribution in [1.29, 1.82) is 0 Å². The third-order valence-corrected chi connectivity index (χ3v) is 4.52. The molecule has 1 fully saturated rings. The van der Waals surface area contributed by atoms with Gasteiger partial charge in [0.15, 0.2) is 0 Å². The lowest BCUT2D eigenvalue weighted by molar-refractivity contribution is -0.129. The molecule has 0 aromatic heterocycles. The van der Waals surface area contributed by atoms with Crippen LogP contribution < -0.4 is 5.32 Å².